The molecule has 0 saturated carbocycles. The topological polar surface area (TPSA) is 28.2 Å². The van der Waals surface area contributed by atoms with Crippen LogP contribution in [0.3, 0.4) is 0 Å². The van der Waals surface area contributed by atoms with E-state index in [0.29, 0.717) is 5.92 Å². The molecule has 1 atom stereocenters. The van der Waals surface area contributed by atoms with E-state index in [0.717, 1.165) is 31.2 Å². The van der Waals surface area contributed by atoms with E-state index in [1.807, 2.05) is 6.20 Å². The fourth-order valence-corrected chi connectivity index (χ4v) is 1.99. The lowest BCUT2D eigenvalue weighted by atomic mass is 10.1. The molecule has 0 radical (unpaired) electrons. The lowest BCUT2D eigenvalue weighted by Gasteiger charge is -2.23. The van der Waals surface area contributed by atoms with Gasteiger partial charge in [0.05, 0.1) is 5.69 Å². The van der Waals surface area contributed by atoms with Crippen LogP contribution in [0.15, 0.2) is 18.3 Å². The third-order valence-electron chi connectivity index (χ3n) is 3.38. The number of pyridine rings is 1. The van der Waals surface area contributed by atoms with Gasteiger partial charge in [-0.25, -0.2) is 0 Å². The fourth-order valence-electron chi connectivity index (χ4n) is 1.99. The Morgan fingerprint density at radius 2 is 2.05 bits per heavy atom. The second kappa shape index (κ2) is 8.16. The zero-order valence-electron chi connectivity index (χ0n) is 13.1. The number of anilines is 1. The Kier molecular flexibility index (Phi) is 6.85. The second-order valence-electron chi connectivity index (χ2n) is 5.92. The molecule has 1 rings (SSSR count). The summed E-state index contributed by atoms with van der Waals surface area (Å²) in [6.07, 6.45) is 3.13. The Morgan fingerprint density at radius 3 is 2.68 bits per heavy atom. The first-order chi connectivity index (χ1) is 9.02. The molecular formula is C16H29N3. The van der Waals surface area contributed by atoms with Gasteiger partial charge in [0.1, 0.15) is 0 Å². The van der Waals surface area contributed by atoms with Gasteiger partial charge in [-0.3, -0.25) is 4.98 Å². The molecule has 1 aromatic heterocycles. The van der Waals surface area contributed by atoms with Crippen molar-refractivity contribution in [3.63, 3.8) is 0 Å². The van der Waals surface area contributed by atoms with E-state index in [9.17, 15) is 0 Å². The van der Waals surface area contributed by atoms with Gasteiger partial charge in [-0.1, -0.05) is 34.1 Å². The standard InChI is InChI=1S/C16H29N3/c1-6-14(4)12-19(5)16-7-8-18-15(9-16)11-17-10-13(2)3/h7-9,13-14,17H,6,10-12H2,1-5H3. The summed E-state index contributed by atoms with van der Waals surface area (Å²) >= 11 is 0. The first-order valence-corrected chi connectivity index (χ1v) is 7.39. The Morgan fingerprint density at radius 1 is 1.32 bits per heavy atom. The number of aromatic nitrogens is 1. The number of rotatable bonds is 8. The maximum Gasteiger partial charge on any atom is 0.0562 e. The van der Waals surface area contributed by atoms with Gasteiger partial charge < -0.3 is 10.2 Å². The van der Waals surface area contributed by atoms with Gasteiger partial charge in [0.15, 0.2) is 0 Å². The molecule has 1 N–H and O–H groups in total. The summed E-state index contributed by atoms with van der Waals surface area (Å²) in [6.45, 7) is 12.0. The quantitative estimate of drug-likeness (QED) is 0.780. The highest BCUT2D eigenvalue weighted by atomic mass is 15.1. The number of hydrogen-bond acceptors (Lipinski definition) is 3. The van der Waals surface area contributed by atoms with Crippen molar-refractivity contribution in [2.45, 2.75) is 40.7 Å². The third kappa shape index (κ3) is 6.06. The van der Waals surface area contributed by atoms with E-state index in [4.69, 9.17) is 0 Å². The molecule has 0 aliphatic rings. The Balaban J connectivity index is 2.55. The van der Waals surface area contributed by atoms with Gasteiger partial charge in [-0.05, 0) is 30.5 Å². The van der Waals surface area contributed by atoms with Crippen LogP contribution < -0.4 is 10.2 Å². The number of hydrogen-bond donors (Lipinski definition) is 1. The zero-order valence-corrected chi connectivity index (χ0v) is 13.1. The van der Waals surface area contributed by atoms with Crippen LogP contribution in [-0.4, -0.2) is 25.1 Å². The van der Waals surface area contributed by atoms with Gasteiger partial charge in [-0.15, -0.1) is 0 Å². The third-order valence-corrected chi connectivity index (χ3v) is 3.38. The van der Waals surface area contributed by atoms with Crippen LogP contribution in [0, 0.1) is 11.8 Å². The molecule has 108 valence electrons. The molecule has 0 aromatic carbocycles. The van der Waals surface area contributed by atoms with Gasteiger partial charge >= 0.3 is 0 Å². The van der Waals surface area contributed by atoms with E-state index in [1.165, 1.54) is 12.1 Å². The highest BCUT2D eigenvalue weighted by molar-refractivity contribution is 5.45. The van der Waals surface area contributed by atoms with Crippen LogP contribution >= 0.6 is 0 Å². The van der Waals surface area contributed by atoms with Crippen LogP contribution in [0.2, 0.25) is 0 Å². The Hall–Kier alpha value is -1.09. The molecule has 0 aliphatic carbocycles. The summed E-state index contributed by atoms with van der Waals surface area (Å²) in [6, 6.07) is 4.28. The molecule has 0 amide bonds. The molecule has 0 aliphatic heterocycles. The van der Waals surface area contributed by atoms with Crippen molar-refractivity contribution in [3.05, 3.63) is 24.0 Å². The minimum absolute atomic E-state index is 0.677. The lowest BCUT2D eigenvalue weighted by Crippen LogP contribution is -2.24. The fraction of sp³-hybridized carbons (Fsp3) is 0.688. The van der Waals surface area contributed by atoms with Crippen molar-refractivity contribution in [1.29, 1.82) is 0 Å². The average molecular weight is 263 g/mol. The van der Waals surface area contributed by atoms with Gasteiger partial charge in [0.2, 0.25) is 0 Å². The van der Waals surface area contributed by atoms with Gasteiger partial charge in [0.25, 0.3) is 0 Å². The van der Waals surface area contributed by atoms with Gasteiger partial charge in [0, 0.05) is 32.0 Å². The van der Waals surface area contributed by atoms with Crippen molar-refractivity contribution >= 4 is 5.69 Å². The molecule has 0 spiro atoms. The largest absolute Gasteiger partial charge is 0.374 e. The summed E-state index contributed by atoms with van der Waals surface area (Å²) in [5.74, 6) is 1.40. The summed E-state index contributed by atoms with van der Waals surface area (Å²) in [7, 11) is 2.16. The Bertz CT molecular complexity index is 363. The molecule has 19 heavy (non-hydrogen) atoms. The maximum absolute atomic E-state index is 4.43. The monoisotopic (exact) mass is 263 g/mol. The lowest BCUT2D eigenvalue weighted by molar-refractivity contribution is 0.547. The van der Waals surface area contributed by atoms with Crippen molar-refractivity contribution in [2.24, 2.45) is 11.8 Å². The van der Waals surface area contributed by atoms with Crippen LogP contribution in [-0.2, 0) is 6.54 Å². The van der Waals surface area contributed by atoms with Crippen molar-refractivity contribution in [1.82, 2.24) is 10.3 Å². The molecule has 0 fully saturated rings. The molecule has 1 aromatic rings. The van der Waals surface area contributed by atoms with E-state index in [2.05, 4.69) is 62.1 Å². The number of nitrogens with one attached hydrogen (secondary N) is 1. The smallest absolute Gasteiger partial charge is 0.0562 e. The molecule has 3 nitrogen and oxygen atoms in total. The average Bonchev–Trinajstić information content (AvgIpc) is 2.38. The predicted molar refractivity (Wildman–Crippen MR) is 83.5 cm³/mol. The van der Waals surface area contributed by atoms with Crippen LogP contribution in [0.5, 0.6) is 0 Å². The first kappa shape index (κ1) is 16.0. The van der Waals surface area contributed by atoms with Crippen LogP contribution in [0.25, 0.3) is 0 Å². The van der Waals surface area contributed by atoms with Crippen molar-refractivity contribution in [3.8, 4) is 0 Å². The predicted octanol–water partition coefficient (Wildman–Crippen LogP) is 3.31. The molecule has 1 unspecified atom stereocenters. The molecule has 0 saturated heterocycles. The molecular weight excluding hydrogens is 234 g/mol. The van der Waals surface area contributed by atoms with Crippen molar-refractivity contribution < 1.29 is 0 Å². The normalized spacial score (nSPS) is 12.7. The minimum Gasteiger partial charge on any atom is -0.374 e. The Labute approximate surface area is 118 Å². The number of nitrogens with zero attached hydrogens (tertiary/aromatic N) is 2. The highest BCUT2D eigenvalue weighted by Crippen LogP contribution is 2.15. The first-order valence-electron chi connectivity index (χ1n) is 7.39. The van der Waals surface area contributed by atoms with E-state index < -0.39 is 0 Å². The van der Waals surface area contributed by atoms with Crippen molar-refractivity contribution in [2.75, 3.05) is 25.0 Å². The maximum atomic E-state index is 4.43. The second-order valence-corrected chi connectivity index (χ2v) is 5.92. The van der Waals surface area contributed by atoms with Gasteiger partial charge in [-0.2, -0.15) is 0 Å². The van der Waals surface area contributed by atoms with Crippen LogP contribution in [0.4, 0.5) is 5.69 Å². The summed E-state index contributed by atoms with van der Waals surface area (Å²) < 4.78 is 0. The van der Waals surface area contributed by atoms with E-state index in [1.54, 1.807) is 0 Å². The van der Waals surface area contributed by atoms with Crippen LogP contribution in [0.1, 0.15) is 39.8 Å². The summed E-state index contributed by atoms with van der Waals surface area (Å²) in [5, 5.41) is 3.44. The zero-order chi connectivity index (χ0) is 14.3. The SMILES string of the molecule is CCC(C)CN(C)c1ccnc(CNCC(C)C)c1. The minimum atomic E-state index is 0.677. The molecule has 3 heteroatoms. The molecule has 0 bridgehead atoms. The van der Waals surface area contributed by atoms with E-state index >= 15 is 0 Å². The summed E-state index contributed by atoms with van der Waals surface area (Å²) in [4.78, 5) is 6.75. The van der Waals surface area contributed by atoms with E-state index in [-0.39, 0.29) is 0 Å². The highest BCUT2D eigenvalue weighted by Gasteiger charge is 2.06. The summed E-state index contributed by atoms with van der Waals surface area (Å²) in [5.41, 5.74) is 2.38. The molecule has 1 heterocycles.